The molecule has 1 unspecified atom stereocenters. The van der Waals surface area contributed by atoms with E-state index < -0.39 is 0 Å². The quantitative estimate of drug-likeness (QED) is 0.723. The Balaban J connectivity index is 1.72. The fourth-order valence-electron chi connectivity index (χ4n) is 2.35. The smallest absolute Gasteiger partial charge is 0.262 e. The molecule has 1 aromatic carbocycles. The lowest BCUT2D eigenvalue weighted by Crippen LogP contribution is -2.45. The van der Waals surface area contributed by atoms with E-state index in [2.05, 4.69) is 11.0 Å². The van der Waals surface area contributed by atoms with Gasteiger partial charge in [0.25, 0.3) is 6.41 Å². The summed E-state index contributed by atoms with van der Waals surface area (Å²) in [5.41, 5.74) is 1.15. The molecule has 0 bridgehead atoms. The summed E-state index contributed by atoms with van der Waals surface area (Å²) in [5.74, 6) is 0.976. The summed E-state index contributed by atoms with van der Waals surface area (Å²) < 4.78 is 11.6. The first-order valence-corrected chi connectivity index (χ1v) is 6.04. The second-order valence-corrected chi connectivity index (χ2v) is 4.44. The molecule has 2 aliphatic heterocycles. The van der Waals surface area contributed by atoms with E-state index in [9.17, 15) is 0 Å². The van der Waals surface area contributed by atoms with Gasteiger partial charge in [-0.05, 0) is 18.9 Å². The second kappa shape index (κ2) is 4.44. The minimum Gasteiger partial charge on any atom is -0.451 e. The fourth-order valence-corrected chi connectivity index (χ4v) is 2.35. The Bertz CT molecular complexity index is 361. The molecule has 0 N–H and O–H groups in total. The number of fused-ring (bicyclic) bond motifs is 1. The zero-order valence-corrected chi connectivity index (χ0v) is 9.39. The number of benzene rings is 1. The van der Waals surface area contributed by atoms with E-state index >= 15 is 0 Å². The highest BCUT2D eigenvalue weighted by atomic mass is 16.7. The van der Waals surface area contributed by atoms with Gasteiger partial charge in [-0.15, -0.1) is 0 Å². The molecule has 3 nitrogen and oxygen atoms in total. The maximum Gasteiger partial charge on any atom is 0.262 e. The van der Waals surface area contributed by atoms with Gasteiger partial charge in [0.15, 0.2) is 0 Å². The number of nitrogens with zero attached hydrogens (tertiary/aromatic N) is 1. The van der Waals surface area contributed by atoms with Crippen LogP contribution in [-0.2, 0) is 11.3 Å². The van der Waals surface area contributed by atoms with Crippen molar-refractivity contribution in [3.63, 3.8) is 0 Å². The number of hydrogen-bond donors (Lipinski definition) is 0. The standard InChI is InChI=1S/C13H17NO2/c1-4-8-14(9-5-1)13-15-10-11-6-2-3-7-12(11)16-13/h2-3,6-7,13H,1,4-5,8-10H2. The summed E-state index contributed by atoms with van der Waals surface area (Å²) in [4.78, 5) is 2.29. The van der Waals surface area contributed by atoms with Gasteiger partial charge >= 0.3 is 0 Å². The van der Waals surface area contributed by atoms with Crippen LogP contribution < -0.4 is 4.74 Å². The van der Waals surface area contributed by atoms with Crippen LogP contribution >= 0.6 is 0 Å². The first-order chi connectivity index (χ1) is 7.93. The average molecular weight is 219 g/mol. The molecule has 0 aliphatic carbocycles. The predicted octanol–water partition coefficient (Wildman–Crippen LogP) is 2.37. The molecule has 0 saturated carbocycles. The number of likely N-dealkylation sites (tertiary alicyclic amines) is 1. The summed E-state index contributed by atoms with van der Waals surface area (Å²) in [6, 6.07) is 8.11. The van der Waals surface area contributed by atoms with Crippen LogP contribution in [0.4, 0.5) is 0 Å². The molecule has 86 valence electrons. The molecule has 3 rings (SSSR count). The molecular formula is C13H17NO2. The molecule has 1 fully saturated rings. The van der Waals surface area contributed by atoms with Gasteiger partial charge < -0.3 is 9.47 Å². The van der Waals surface area contributed by atoms with Crippen molar-refractivity contribution in [3.05, 3.63) is 29.8 Å². The lowest BCUT2D eigenvalue weighted by Gasteiger charge is -2.36. The van der Waals surface area contributed by atoms with Gasteiger partial charge in [0.1, 0.15) is 5.75 Å². The average Bonchev–Trinajstić information content (AvgIpc) is 2.39. The molecule has 1 saturated heterocycles. The number of rotatable bonds is 1. The third kappa shape index (κ3) is 1.93. The topological polar surface area (TPSA) is 21.7 Å². The summed E-state index contributed by atoms with van der Waals surface area (Å²) in [5, 5.41) is 0. The molecule has 0 aromatic heterocycles. The third-order valence-electron chi connectivity index (χ3n) is 3.27. The highest BCUT2D eigenvalue weighted by Crippen LogP contribution is 2.27. The van der Waals surface area contributed by atoms with Gasteiger partial charge in [-0.3, -0.25) is 0 Å². The predicted molar refractivity (Wildman–Crippen MR) is 61.1 cm³/mol. The second-order valence-electron chi connectivity index (χ2n) is 4.44. The Morgan fingerprint density at radius 1 is 1.06 bits per heavy atom. The monoisotopic (exact) mass is 219 g/mol. The molecule has 3 heteroatoms. The summed E-state index contributed by atoms with van der Waals surface area (Å²) in [6.07, 6.45) is 3.67. The summed E-state index contributed by atoms with van der Waals surface area (Å²) in [7, 11) is 0. The van der Waals surface area contributed by atoms with Gasteiger partial charge in [0.2, 0.25) is 0 Å². The number of para-hydroxylation sites is 1. The van der Waals surface area contributed by atoms with Crippen LogP contribution in [-0.4, -0.2) is 24.4 Å². The van der Waals surface area contributed by atoms with Crippen LogP contribution in [0.1, 0.15) is 24.8 Å². The van der Waals surface area contributed by atoms with E-state index in [0.29, 0.717) is 6.61 Å². The first kappa shape index (κ1) is 10.1. The molecule has 1 atom stereocenters. The van der Waals surface area contributed by atoms with Crippen molar-refractivity contribution in [2.24, 2.45) is 0 Å². The van der Waals surface area contributed by atoms with E-state index in [1.807, 2.05) is 18.2 Å². The minimum absolute atomic E-state index is 0.171. The zero-order valence-electron chi connectivity index (χ0n) is 9.39. The molecule has 0 radical (unpaired) electrons. The van der Waals surface area contributed by atoms with Gasteiger partial charge in [-0.1, -0.05) is 24.6 Å². The SMILES string of the molecule is c1ccc2c(c1)COC(N1CCCCC1)O2. The lowest BCUT2D eigenvalue weighted by atomic mass is 10.1. The van der Waals surface area contributed by atoms with Crippen LogP contribution in [0.15, 0.2) is 24.3 Å². The van der Waals surface area contributed by atoms with Gasteiger partial charge in [-0.25, -0.2) is 4.90 Å². The van der Waals surface area contributed by atoms with Crippen molar-refractivity contribution < 1.29 is 9.47 Å². The van der Waals surface area contributed by atoms with E-state index in [4.69, 9.17) is 9.47 Å². The summed E-state index contributed by atoms with van der Waals surface area (Å²) in [6.45, 7) is 2.84. The normalized spacial score (nSPS) is 25.9. The first-order valence-electron chi connectivity index (χ1n) is 6.04. The fraction of sp³-hybridized carbons (Fsp3) is 0.538. The third-order valence-corrected chi connectivity index (χ3v) is 3.27. The van der Waals surface area contributed by atoms with Crippen LogP contribution in [0.25, 0.3) is 0 Å². The number of hydrogen-bond acceptors (Lipinski definition) is 3. The van der Waals surface area contributed by atoms with Crippen molar-refractivity contribution in [3.8, 4) is 5.75 Å². The van der Waals surface area contributed by atoms with Crippen molar-refractivity contribution in [2.75, 3.05) is 13.1 Å². The van der Waals surface area contributed by atoms with E-state index in [1.165, 1.54) is 19.3 Å². The zero-order chi connectivity index (χ0) is 10.8. The molecular weight excluding hydrogens is 202 g/mol. The molecule has 16 heavy (non-hydrogen) atoms. The molecule has 2 aliphatic rings. The molecule has 0 amide bonds. The van der Waals surface area contributed by atoms with E-state index in [0.717, 1.165) is 24.4 Å². The van der Waals surface area contributed by atoms with Gasteiger partial charge in [-0.2, -0.15) is 0 Å². The van der Waals surface area contributed by atoms with Crippen molar-refractivity contribution in [2.45, 2.75) is 32.3 Å². The number of piperidine rings is 1. The lowest BCUT2D eigenvalue weighted by molar-refractivity contribution is -0.199. The van der Waals surface area contributed by atoms with Crippen LogP contribution in [0.5, 0.6) is 5.75 Å². The molecule has 2 heterocycles. The largest absolute Gasteiger partial charge is 0.451 e. The summed E-state index contributed by atoms with van der Waals surface area (Å²) >= 11 is 0. The maximum atomic E-state index is 5.88. The molecule has 1 aromatic rings. The highest BCUT2D eigenvalue weighted by Gasteiger charge is 2.26. The van der Waals surface area contributed by atoms with Crippen LogP contribution in [0, 0.1) is 0 Å². The Kier molecular flexibility index (Phi) is 2.80. The molecule has 0 spiro atoms. The van der Waals surface area contributed by atoms with Gasteiger partial charge in [0, 0.05) is 18.7 Å². The van der Waals surface area contributed by atoms with Crippen molar-refractivity contribution in [1.29, 1.82) is 0 Å². The Labute approximate surface area is 96.0 Å². The van der Waals surface area contributed by atoms with Crippen LogP contribution in [0.3, 0.4) is 0 Å². The minimum atomic E-state index is -0.171. The Hall–Kier alpha value is -1.06. The van der Waals surface area contributed by atoms with Gasteiger partial charge in [0.05, 0.1) is 6.61 Å². The van der Waals surface area contributed by atoms with Crippen molar-refractivity contribution in [1.82, 2.24) is 4.90 Å². The van der Waals surface area contributed by atoms with Crippen LogP contribution in [0.2, 0.25) is 0 Å². The maximum absolute atomic E-state index is 5.88. The van der Waals surface area contributed by atoms with E-state index in [1.54, 1.807) is 0 Å². The van der Waals surface area contributed by atoms with Crippen molar-refractivity contribution >= 4 is 0 Å². The Morgan fingerprint density at radius 2 is 1.88 bits per heavy atom. The van der Waals surface area contributed by atoms with E-state index in [-0.39, 0.29) is 6.41 Å². The highest BCUT2D eigenvalue weighted by molar-refractivity contribution is 5.33. The Morgan fingerprint density at radius 3 is 2.75 bits per heavy atom. The number of ether oxygens (including phenoxy) is 2.